The number of hydrogen-bond donors (Lipinski definition) is 0. The summed E-state index contributed by atoms with van der Waals surface area (Å²) in [6.07, 6.45) is 2.52. The van der Waals surface area contributed by atoms with Crippen LogP contribution in [0.5, 0.6) is 0 Å². The summed E-state index contributed by atoms with van der Waals surface area (Å²) < 4.78 is 38.6. The maximum absolute atomic E-state index is 11.3. The van der Waals surface area contributed by atoms with Gasteiger partial charge < -0.3 is 33.2 Å². The molecule has 0 atom stereocenters. The second kappa shape index (κ2) is 21.2. The van der Waals surface area contributed by atoms with Crippen molar-refractivity contribution in [2.45, 2.75) is 0 Å². The Morgan fingerprint density at radius 1 is 0.516 bits per heavy atom. The lowest BCUT2D eigenvalue weighted by Gasteiger charge is -2.13. The number of halogens is 1. The Morgan fingerprint density at radius 2 is 0.806 bits per heavy atom. The average Bonchev–Trinajstić information content (AvgIpc) is 3.09. The Labute approximate surface area is 197 Å². The maximum atomic E-state index is 11.3. The number of rotatable bonds is 23. The highest BCUT2D eigenvalue weighted by Gasteiger charge is 2.22. The number of ether oxygens (including phenoxy) is 7. The molecule has 0 saturated carbocycles. The van der Waals surface area contributed by atoms with Crippen molar-refractivity contribution in [1.82, 2.24) is 4.90 Å². The Hall–Kier alpha value is -0.670. The van der Waals surface area contributed by atoms with Crippen LogP contribution < -0.4 is 0 Å². The van der Waals surface area contributed by atoms with Gasteiger partial charge in [-0.15, -0.1) is 0 Å². The number of alkyl halides is 1. The number of imide groups is 1. The van der Waals surface area contributed by atoms with Gasteiger partial charge in [0, 0.05) is 16.6 Å². The molecule has 0 unspecified atom stereocenters. The third-order valence-electron chi connectivity index (χ3n) is 3.81. The normalized spacial score (nSPS) is 13.6. The van der Waals surface area contributed by atoms with Gasteiger partial charge in [-0.25, -0.2) is 0 Å². The van der Waals surface area contributed by atoms with Gasteiger partial charge in [0.05, 0.1) is 99.0 Å². The van der Waals surface area contributed by atoms with Gasteiger partial charge in [-0.05, 0) is 0 Å². The zero-order valence-electron chi connectivity index (χ0n) is 18.0. The molecule has 1 aliphatic rings. The van der Waals surface area contributed by atoms with Crippen molar-refractivity contribution >= 4 is 34.4 Å². The molecule has 31 heavy (non-hydrogen) atoms. The molecule has 0 aromatic rings. The van der Waals surface area contributed by atoms with E-state index in [2.05, 4.69) is 22.6 Å². The lowest BCUT2D eigenvalue weighted by Crippen LogP contribution is -2.33. The van der Waals surface area contributed by atoms with Gasteiger partial charge in [-0.3, -0.25) is 14.5 Å². The van der Waals surface area contributed by atoms with Crippen molar-refractivity contribution < 1.29 is 42.7 Å². The highest BCUT2D eigenvalue weighted by Crippen LogP contribution is 2.02. The van der Waals surface area contributed by atoms with E-state index in [1.54, 1.807) is 0 Å². The highest BCUT2D eigenvalue weighted by atomic mass is 127. The van der Waals surface area contributed by atoms with E-state index < -0.39 is 0 Å². The minimum atomic E-state index is -0.299. The summed E-state index contributed by atoms with van der Waals surface area (Å²) in [4.78, 5) is 23.8. The van der Waals surface area contributed by atoms with Gasteiger partial charge in [0.1, 0.15) is 0 Å². The van der Waals surface area contributed by atoms with Gasteiger partial charge >= 0.3 is 0 Å². The molecule has 0 N–H and O–H groups in total. The van der Waals surface area contributed by atoms with E-state index in [9.17, 15) is 9.59 Å². The van der Waals surface area contributed by atoms with Gasteiger partial charge in [0.2, 0.25) is 0 Å². The standard InChI is InChI=1S/C20H34INO9/c21-3-5-25-7-9-27-11-13-29-15-17-31-18-16-30-14-12-28-10-8-26-6-4-22-19(23)1-2-20(22)24/h1-2H,3-18H2. The first-order valence-electron chi connectivity index (χ1n) is 10.4. The molecular formula is C20H34INO9. The fraction of sp³-hybridized carbons (Fsp3) is 0.800. The highest BCUT2D eigenvalue weighted by molar-refractivity contribution is 14.1. The van der Waals surface area contributed by atoms with E-state index >= 15 is 0 Å². The van der Waals surface area contributed by atoms with Crippen molar-refractivity contribution in [1.29, 1.82) is 0 Å². The van der Waals surface area contributed by atoms with E-state index in [-0.39, 0.29) is 18.4 Å². The molecule has 0 aromatic carbocycles. The minimum Gasteiger partial charge on any atom is -0.378 e. The van der Waals surface area contributed by atoms with Crippen molar-refractivity contribution in [3.05, 3.63) is 12.2 Å². The quantitative estimate of drug-likeness (QED) is 0.0765. The topological polar surface area (TPSA) is 102 Å². The minimum absolute atomic E-state index is 0.251. The summed E-state index contributed by atoms with van der Waals surface area (Å²) in [5, 5.41) is 0. The zero-order chi connectivity index (χ0) is 22.4. The largest absolute Gasteiger partial charge is 0.378 e. The molecule has 0 aliphatic carbocycles. The van der Waals surface area contributed by atoms with Crippen molar-refractivity contribution in [2.75, 3.05) is 103 Å². The third kappa shape index (κ3) is 16.6. The summed E-state index contributed by atoms with van der Waals surface area (Å²) in [6.45, 7) is 7.38. The van der Waals surface area contributed by atoms with Crippen LogP contribution >= 0.6 is 22.6 Å². The van der Waals surface area contributed by atoms with Crippen LogP contribution in [0, 0.1) is 0 Å². The molecule has 10 nitrogen and oxygen atoms in total. The monoisotopic (exact) mass is 559 g/mol. The fourth-order valence-electron chi connectivity index (χ4n) is 2.28. The number of amides is 2. The molecule has 1 aliphatic heterocycles. The van der Waals surface area contributed by atoms with Crippen LogP contribution in [0.1, 0.15) is 0 Å². The summed E-state index contributed by atoms with van der Waals surface area (Å²) in [5.74, 6) is -0.598. The number of carbonyl (C=O) groups excluding carboxylic acids is 2. The number of hydrogen-bond acceptors (Lipinski definition) is 9. The van der Waals surface area contributed by atoms with E-state index in [0.29, 0.717) is 85.9 Å². The molecule has 11 heteroatoms. The lowest BCUT2D eigenvalue weighted by atomic mass is 10.5. The predicted octanol–water partition coefficient (Wildman–Crippen LogP) is 0.463. The maximum Gasteiger partial charge on any atom is 0.253 e. The van der Waals surface area contributed by atoms with Crippen molar-refractivity contribution in [3.8, 4) is 0 Å². The first-order chi connectivity index (χ1) is 15.3. The zero-order valence-corrected chi connectivity index (χ0v) is 20.1. The van der Waals surface area contributed by atoms with Crippen molar-refractivity contribution in [2.24, 2.45) is 0 Å². The van der Waals surface area contributed by atoms with Crippen LogP contribution in [0.3, 0.4) is 0 Å². The first-order valence-corrected chi connectivity index (χ1v) is 11.9. The van der Waals surface area contributed by atoms with Crippen LogP contribution in [0.25, 0.3) is 0 Å². The molecule has 0 spiro atoms. The molecule has 1 rings (SSSR count). The predicted molar refractivity (Wildman–Crippen MR) is 120 cm³/mol. The van der Waals surface area contributed by atoms with E-state index in [1.165, 1.54) is 12.2 Å². The molecule has 2 amide bonds. The smallest absolute Gasteiger partial charge is 0.253 e. The molecule has 0 aromatic heterocycles. The Morgan fingerprint density at radius 3 is 1.13 bits per heavy atom. The number of nitrogens with zero attached hydrogens (tertiary/aromatic N) is 1. The van der Waals surface area contributed by atoms with Crippen LogP contribution in [0.2, 0.25) is 0 Å². The molecule has 0 bridgehead atoms. The molecule has 0 fully saturated rings. The molecule has 0 radical (unpaired) electrons. The molecule has 0 saturated heterocycles. The van der Waals surface area contributed by atoms with E-state index in [4.69, 9.17) is 33.2 Å². The van der Waals surface area contributed by atoms with Crippen LogP contribution in [-0.4, -0.2) is 120 Å². The van der Waals surface area contributed by atoms with Crippen LogP contribution in [0.15, 0.2) is 12.2 Å². The Bertz CT molecular complexity index is 475. The van der Waals surface area contributed by atoms with Crippen LogP contribution in [-0.2, 0) is 42.7 Å². The second-order valence-electron chi connectivity index (χ2n) is 6.14. The SMILES string of the molecule is O=C1C=CC(=O)N1CCOCCOCCOCCOCCOCCOCCOCCI. The fourth-order valence-corrected chi connectivity index (χ4v) is 2.59. The summed E-state index contributed by atoms with van der Waals surface area (Å²) in [6, 6.07) is 0. The first kappa shape index (κ1) is 28.4. The lowest BCUT2D eigenvalue weighted by molar-refractivity contribution is -0.137. The third-order valence-corrected chi connectivity index (χ3v) is 4.25. The summed E-state index contributed by atoms with van der Waals surface area (Å²) in [7, 11) is 0. The Kier molecular flexibility index (Phi) is 19.4. The average molecular weight is 559 g/mol. The Balaban J connectivity index is 1.68. The van der Waals surface area contributed by atoms with Gasteiger partial charge in [0.25, 0.3) is 11.8 Å². The van der Waals surface area contributed by atoms with Gasteiger partial charge in [-0.1, -0.05) is 22.6 Å². The number of carbonyl (C=O) groups is 2. The second-order valence-corrected chi connectivity index (χ2v) is 7.22. The molecule has 180 valence electrons. The van der Waals surface area contributed by atoms with Crippen molar-refractivity contribution in [3.63, 3.8) is 0 Å². The van der Waals surface area contributed by atoms with Crippen LogP contribution in [0.4, 0.5) is 0 Å². The van der Waals surface area contributed by atoms with Gasteiger partial charge in [-0.2, -0.15) is 0 Å². The molecule has 1 heterocycles. The summed E-state index contributed by atoms with van der Waals surface area (Å²) >= 11 is 2.27. The van der Waals surface area contributed by atoms with E-state index in [0.717, 1.165) is 15.9 Å². The van der Waals surface area contributed by atoms with Gasteiger partial charge in [0.15, 0.2) is 0 Å². The van der Waals surface area contributed by atoms with E-state index in [1.807, 2.05) is 0 Å². The summed E-state index contributed by atoms with van der Waals surface area (Å²) in [5.41, 5.74) is 0. The molecular weight excluding hydrogens is 525 g/mol.